The quantitative estimate of drug-likeness (QED) is 0.578. The van der Waals surface area contributed by atoms with Crippen molar-refractivity contribution in [2.45, 2.75) is 5.16 Å². The molecule has 2 aromatic carbocycles. The van der Waals surface area contributed by atoms with Crippen LogP contribution in [0.25, 0.3) is 5.69 Å². The van der Waals surface area contributed by atoms with Gasteiger partial charge in [0.2, 0.25) is 11.1 Å². The molecule has 0 atom stereocenters. The topological polar surface area (TPSA) is 91.2 Å². The van der Waals surface area contributed by atoms with Crippen LogP contribution >= 0.6 is 27.7 Å². The number of amides is 1. The van der Waals surface area contributed by atoms with Crippen LogP contribution in [-0.4, -0.2) is 45.1 Å². The van der Waals surface area contributed by atoms with Gasteiger partial charge in [0.1, 0.15) is 19.0 Å². The van der Waals surface area contributed by atoms with Gasteiger partial charge >= 0.3 is 0 Å². The third-order valence-corrected chi connectivity index (χ3v) is 5.31. The van der Waals surface area contributed by atoms with Gasteiger partial charge in [0.25, 0.3) is 0 Å². The molecule has 0 saturated carbocycles. The van der Waals surface area contributed by atoms with Gasteiger partial charge in [-0.2, -0.15) is 4.68 Å². The summed E-state index contributed by atoms with van der Waals surface area (Å²) in [6.45, 7) is 0.947. The predicted octanol–water partition coefficient (Wildman–Crippen LogP) is 3.07. The largest absolute Gasteiger partial charge is 0.486 e. The van der Waals surface area contributed by atoms with Crippen LogP contribution in [0.15, 0.2) is 46.0 Å². The average molecular weight is 466 g/mol. The molecule has 0 unspecified atom stereocenters. The van der Waals surface area contributed by atoms with Crippen LogP contribution < -0.4 is 14.8 Å². The predicted molar refractivity (Wildman–Crippen MR) is 104 cm³/mol. The van der Waals surface area contributed by atoms with Crippen molar-refractivity contribution < 1.29 is 18.7 Å². The molecule has 0 fully saturated rings. The third kappa shape index (κ3) is 4.09. The fourth-order valence-electron chi connectivity index (χ4n) is 2.51. The van der Waals surface area contributed by atoms with Crippen molar-refractivity contribution >= 4 is 39.3 Å². The second-order valence-electron chi connectivity index (χ2n) is 5.67. The lowest BCUT2D eigenvalue weighted by molar-refractivity contribution is -0.113. The first-order valence-corrected chi connectivity index (χ1v) is 9.94. The standard InChI is InChI=1S/C17H13BrFN5O3S/c18-12-7-14-15(27-5-4-26-14)8-13(12)20-16(25)9-28-17-21-22-23-24(17)11-3-1-2-10(19)6-11/h1-3,6-8H,4-5,9H2,(H,20,25). The summed E-state index contributed by atoms with van der Waals surface area (Å²) < 4.78 is 26.5. The van der Waals surface area contributed by atoms with E-state index in [0.717, 1.165) is 11.8 Å². The van der Waals surface area contributed by atoms with Crippen molar-refractivity contribution in [3.8, 4) is 17.2 Å². The van der Waals surface area contributed by atoms with E-state index in [1.165, 1.54) is 16.8 Å². The first-order valence-electron chi connectivity index (χ1n) is 8.16. The van der Waals surface area contributed by atoms with E-state index in [4.69, 9.17) is 9.47 Å². The van der Waals surface area contributed by atoms with E-state index in [2.05, 4.69) is 36.8 Å². The van der Waals surface area contributed by atoms with Crippen LogP contribution in [0.4, 0.5) is 10.1 Å². The molecule has 1 aliphatic heterocycles. The van der Waals surface area contributed by atoms with Crippen LogP contribution in [0.3, 0.4) is 0 Å². The van der Waals surface area contributed by atoms with Crippen molar-refractivity contribution in [2.75, 3.05) is 24.3 Å². The second kappa shape index (κ2) is 8.15. The molecular weight excluding hydrogens is 453 g/mol. The Morgan fingerprint density at radius 1 is 1.25 bits per heavy atom. The Labute approximate surface area is 171 Å². The number of thioether (sulfide) groups is 1. The minimum Gasteiger partial charge on any atom is -0.486 e. The smallest absolute Gasteiger partial charge is 0.234 e. The second-order valence-corrected chi connectivity index (χ2v) is 7.46. The van der Waals surface area contributed by atoms with Crippen LogP contribution in [-0.2, 0) is 4.79 Å². The Bertz CT molecular complexity index is 1030. The molecule has 28 heavy (non-hydrogen) atoms. The molecule has 0 spiro atoms. The summed E-state index contributed by atoms with van der Waals surface area (Å²) in [6.07, 6.45) is 0. The number of halogens is 2. The van der Waals surface area contributed by atoms with E-state index in [9.17, 15) is 9.18 Å². The Balaban J connectivity index is 1.43. The van der Waals surface area contributed by atoms with Crippen molar-refractivity contribution in [1.29, 1.82) is 0 Å². The van der Waals surface area contributed by atoms with Crippen molar-refractivity contribution in [3.05, 3.63) is 46.7 Å². The van der Waals surface area contributed by atoms with E-state index in [1.54, 1.807) is 24.3 Å². The number of ether oxygens (including phenoxy) is 2. The summed E-state index contributed by atoms with van der Waals surface area (Å²) in [6, 6.07) is 9.34. The fourth-order valence-corrected chi connectivity index (χ4v) is 3.63. The number of benzene rings is 2. The summed E-state index contributed by atoms with van der Waals surface area (Å²) in [5, 5.41) is 14.5. The lowest BCUT2D eigenvalue weighted by Crippen LogP contribution is -2.18. The molecule has 1 amide bonds. The highest BCUT2D eigenvalue weighted by molar-refractivity contribution is 9.10. The van der Waals surface area contributed by atoms with Gasteiger partial charge in [-0.05, 0) is 44.6 Å². The number of rotatable bonds is 5. The maximum atomic E-state index is 13.4. The maximum absolute atomic E-state index is 13.4. The lowest BCUT2D eigenvalue weighted by Gasteiger charge is -2.20. The van der Waals surface area contributed by atoms with Gasteiger partial charge in [-0.25, -0.2) is 4.39 Å². The molecule has 4 rings (SSSR count). The van der Waals surface area contributed by atoms with Gasteiger partial charge < -0.3 is 14.8 Å². The highest BCUT2D eigenvalue weighted by Crippen LogP contribution is 2.38. The number of carbonyl (C=O) groups is 1. The van der Waals surface area contributed by atoms with E-state index >= 15 is 0 Å². The highest BCUT2D eigenvalue weighted by Gasteiger charge is 2.17. The molecule has 8 nitrogen and oxygen atoms in total. The van der Waals surface area contributed by atoms with E-state index in [-0.39, 0.29) is 11.7 Å². The number of carbonyl (C=O) groups excluding carboxylic acids is 1. The van der Waals surface area contributed by atoms with Crippen LogP contribution in [0.2, 0.25) is 0 Å². The summed E-state index contributed by atoms with van der Waals surface area (Å²) in [5.41, 5.74) is 1.04. The van der Waals surface area contributed by atoms with Crippen molar-refractivity contribution in [3.63, 3.8) is 0 Å². The zero-order chi connectivity index (χ0) is 19.5. The van der Waals surface area contributed by atoms with Crippen molar-refractivity contribution in [1.82, 2.24) is 20.2 Å². The number of fused-ring (bicyclic) bond motifs is 1. The van der Waals surface area contributed by atoms with Gasteiger partial charge in [-0.15, -0.1) is 5.10 Å². The van der Waals surface area contributed by atoms with E-state index in [0.29, 0.717) is 45.7 Å². The molecule has 0 radical (unpaired) electrons. The molecule has 3 aromatic rings. The molecule has 0 bridgehead atoms. The lowest BCUT2D eigenvalue weighted by atomic mass is 10.2. The van der Waals surface area contributed by atoms with Crippen LogP contribution in [0, 0.1) is 5.82 Å². The molecule has 0 aliphatic carbocycles. The number of nitrogens with one attached hydrogen (secondary N) is 1. The Morgan fingerprint density at radius 2 is 2.04 bits per heavy atom. The molecule has 11 heteroatoms. The van der Waals surface area contributed by atoms with Gasteiger partial charge in [0, 0.05) is 16.6 Å². The third-order valence-electron chi connectivity index (χ3n) is 3.73. The number of hydrogen-bond acceptors (Lipinski definition) is 7. The summed E-state index contributed by atoms with van der Waals surface area (Å²) in [5.74, 6) is 0.616. The average Bonchev–Trinajstić information content (AvgIpc) is 3.16. The Kier molecular flexibility index (Phi) is 5.44. The molecule has 1 N–H and O–H groups in total. The first-order chi connectivity index (χ1) is 13.6. The Hall–Kier alpha value is -2.66. The number of aromatic nitrogens is 4. The van der Waals surface area contributed by atoms with Crippen molar-refractivity contribution in [2.24, 2.45) is 0 Å². The number of hydrogen-bond donors (Lipinski definition) is 1. The minimum absolute atomic E-state index is 0.0660. The molecular formula is C17H13BrFN5O3S. The monoisotopic (exact) mass is 465 g/mol. The summed E-state index contributed by atoms with van der Waals surface area (Å²) >= 11 is 4.55. The van der Waals surface area contributed by atoms with E-state index < -0.39 is 5.82 Å². The number of tetrazole rings is 1. The van der Waals surface area contributed by atoms with Gasteiger partial charge in [0.15, 0.2) is 11.5 Å². The van der Waals surface area contributed by atoms with Crippen LogP contribution in [0.5, 0.6) is 11.5 Å². The number of anilines is 1. The van der Waals surface area contributed by atoms with E-state index in [1.807, 2.05) is 0 Å². The van der Waals surface area contributed by atoms with Crippen LogP contribution in [0.1, 0.15) is 0 Å². The maximum Gasteiger partial charge on any atom is 0.234 e. The van der Waals surface area contributed by atoms with Gasteiger partial charge in [-0.3, -0.25) is 4.79 Å². The summed E-state index contributed by atoms with van der Waals surface area (Å²) in [4.78, 5) is 12.4. The van der Waals surface area contributed by atoms with Gasteiger partial charge in [0.05, 0.1) is 17.1 Å². The fraction of sp³-hybridized carbons (Fsp3) is 0.176. The Morgan fingerprint density at radius 3 is 2.82 bits per heavy atom. The minimum atomic E-state index is -0.398. The normalized spacial score (nSPS) is 12.6. The molecule has 1 aromatic heterocycles. The molecule has 144 valence electrons. The molecule has 1 aliphatic rings. The highest BCUT2D eigenvalue weighted by atomic mass is 79.9. The SMILES string of the molecule is O=C(CSc1nnnn1-c1cccc(F)c1)Nc1cc2c(cc1Br)OCCO2. The first kappa shape index (κ1) is 18.7. The molecule has 0 saturated heterocycles. The summed E-state index contributed by atoms with van der Waals surface area (Å²) in [7, 11) is 0. The van der Waals surface area contributed by atoms with Gasteiger partial charge in [-0.1, -0.05) is 17.8 Å². The zero-order valence-corrected chi connectivity index (χ0v) is 16.7. The zero-order valence-electron chi connectivity index (χ0n) is 14.3. The number of nitrogens with zero attached hydrogens (tertiary/aromatic N) is 4. The molecule has 2 heterocycles.